The Hall–Kier alpha value is -1.50. The topological polar surface area (TPSA) is 37.4 Å². The molecule has 1 aliphatic rings. The van der Waals surface area contributed by atoms with Crippen LogP contribution < -0.4 is 0 Å². The molecule has 1 aliphatic heterocycles. The lowest BCUT2D eigenvalue weighted by Crippen LogP contribution is -2.33. The van der Waals surface area contributed by atoms with E-state index in [-0.39, 0.29) is 10.9 Å². The minimum atomic E-state index is -3.78. The van der Waals surface area contributed by atoms with Crippen LogP contribution in [0.2, 0.25) is 0 Å². The average molecular weight is 372 g/mol. The van der Waals surface area contributed by atoms with Gasteiger partial charge in [0.2, 0.25) is 0 Å². The van der Waals surface area contributed by atoms with Gasteiger partial charge in [0.15, 0.2) is 0 Å². The Morgan fingerprint density at radius 2 is 1.75 bits per heavy atom. The van der Waals surface area contributed by atoms with Gasteiger partial charge in [-0.2, -0.15) is 0 Å². The van der Waals surface area contributed by atoms with Crippen molar-refractivity contribution in [3.05, 3.63) is 64.7 Å². The van der Waals surface area contributed by atoms with E-state index in [2.05, 4.69) is 4.90 Å². The molecule has 1 heterocycles. The molecular weight excluding hydrogens is 356 g/mol. The highest BCUT2D eigenvalue weighted by Crippen LogP contribution is 2.30. The number of fused-ring (bicyclic) bond motifs is 1. The zero-order valence-electron chi connectivity index (χ0n) is 13.0. The van der Waals surface area contributed by atoms with Gasteiger partial charge in [0.05, 0.1) is 4.90 Å². The summed E-state index contributed by atoms with van der Waals surface area (Å²) in [6.07, 6.45) is 0.736. The highest BCUT2D eigenvalue weighted by molar-refractivity contribution is 8.13. The van der Waals surface area contributed by atoms with Gasteiger partial charge in [0.1, 0.15) is 11.6 Å². The first-order valence-corrected chi connectivity index (χ1v) is 9.81. The Labute approximate surface area is 144 Å². The van der Waals surface area contributed by atoms with Crippen LogP contribution in [0, 0.1) is 11.6 Å². The predicted molar refractivity (Wildman–Crippen MR) is 88.4 cm³/mol. The molecule has 3 nitrogen and oxygen atoms in total. The van der Waals surface area contributed by atoms with Crippen LogP contribution in [0.25, 0.3) is 0 Å². The van der Waals surface area contributed by atoms with Crippen LogP contribution in [0.3, 0.4) is 0 Å². The molecule has 0 aliphatic carbocycles. The van der Waals surface area contributed by atoms with Gasteiger partial charge in [-0.1, -0.05) is 6.07 Å². The van der Waals surface area contributed by atoms with E-state index in [1.54, 1.807) is 12.1 Å². The van der Waals surface area contributed by atoms with Gasteiger partial charge in [0, 0.05) is 35.9 Å². The lowest BCUT2D eigenvalue weighted by Gasteiger charge is -2.34. The monoisotopic (exact) mass is 371 g/mol. The van der Waals surface area contributed by atoms with Crippen LogP contribution in [-0.4, -0.2) is 19.9 Å². The van der Waals surface area contributed by atoms with Gasteiger partial charge in [-0.25, -0.2) is 17.2 Å². The fraction of sp³-hybridized carbons (Fsp3) is 0.294. The highest BCUT2D eigenvalue weighted by Gasteiger charge is 2.24. The molecular formula is C17H16ClF2NO2S. The van der Waals surface area contributed by atoms with Gasteiger partial charge in [0.25, 0.3) is 9.05 Å². The molecule has 0 bridgehead atoms. The second kappa shape index (κ2) is 6.43. The lowest BCUT2D eigenvalue weighted by atomic mass is 9.97. The van der Waals surface area contributed by atoms with E-state index in [4.69, 9.17) is 10.7 Å². The van der Waals surface area contributed by atoms with Crippen molar-refractivity contribution in [1.29, 1.82) is 0 Å². The van der Waals surface area contributed by atoms with E-state index in [0.717, 1.165) is 30.2 Å². The molecule has 7 heteroatoms. The van der Waals surface area contributed by atoms with Gasteiger partial charge in [-0.15, -0.1) is 0 Å². The van der Waals surface area contributed by atoms with Crippen molar-refractivity contribution in [2.45, 2.75) is 30.8 Å². The largest absolute Gasteiger partial charge is 0.292 e. The highest BCUT2D eigenvalue weighted by atomic mass is 35.7. The first-order chi connectivity index (χ1) is 11.2. The number of rotatable bonds is 3. The lowest BCUT2D eigenvalue weighted by molar-refractivity contribution is 0.191. The van der Waals surface area contributed by atoms with Gasteiger partial charge in [-0.3, -0.25) is 4.90 Å². The van der Waals surface area contributed by atoms with Crippen LogP contribution in [0.1, 0.15) is 29.7 Å². The first kappa shape index (κ1) is 17.3. The van der Waals surface area contributed by atoms with Gasteiger partial charge >= 0.3 is 0 Å². The Morgan fingerprint density at radius 3 is 2.38 bits per heavy atom. The zero-order valence-corrected chi connectivity index (χ0v) is 14.5. The number of nitrogens with zero attached hydrogens (tertiary/aromatic N) is 1. The summed E-state index contributed by atoms with van der Waals surface area (Å²) in [4.78, 5) is 2.12. The molecule has 0 N–H and O–H groups in total. The smallest absolute Gasteiger partial charge is 0.261 e. The van der Waals surface area contributed by atoms with E-state index < -0.39 is 20.7 Å². The summed E-state index contributed by atoms with van der Waals surface area (Å²) in [5.41, 5.74) is 2.48. The van der Waals surface area contributed by atoms with Crippen molar-refractivity contribution in [1.82, 2.24) is 4.90 Å². The normalized spacial score (nSPS) is 16.7. The van der Waals surface area contributed by atoms with Crippen molar-refractivity contribution < 1.29 is 17.2 Å². The molecule has 0 saturated heterocycles. The second-order valence-electron chi connectivity index (χ2n) is 5.97. The molecule has 0 amide bonds. The Kier molecular flexibility index (Phi) is 4.64. The SMILES string of the molecule is C[C@H](c1cc(F)cc(F)c1)N1CCc2ccc(S(=O)(=O)Cl)cc2C1. The molecule has 0 spiro atoms. The van der Waals surface area contributed by atoms with Crippen molar-refractivity contribution in [2.75, 3.05) is 6.54 Å². The van der Waals surface area contributed by atoms with Crippen LogP contribution in [-0.2, 0) is 22.0 Å². The summed E-state index contributed by atoms with van der Waals surface area (Å²) in [7, 11) is 1.62. The van der Waals surface area contributed by atoms with Crippen LogP contribution in [0.4, 0.5) is 8.78 Å². The predicted octanol–water partition coefficient (Wildman–Crippen LogP) is 4.01. The molecule has 2 aromatic rings. The Bertz CT molecular complexity index is 866. The molecule has 0 unspecified atom stereocenters. The quantitative estimate of drug-likeness (QED) is 0.765. The van der Waals surface area contributed by atoms with Crippen molar-refractivity contribution in [3.63, 3.8) is 0 Å². The maximum Gasteiger partial charge on any atom is 0.261 e. The molecule has 0 fully saturated rings. The zero-order chi connectivity index (χ0) is 17.5. The van der Waals surface area contributed by atoms with Crippen LogP contribution in [0.5, 0.6) is 0 Å². The Balaban J connectivity index is 1.88. The maximum absolute atomic E-state index is 13.4. The van der Waals surface area contributed by atoms with E-state index in [9.17, 15) is 17.2 Å². The molecule has 2 aromatic carbocycles. The molecule has 24 heavy (non-hydrogen) atoms. The average Bonchev–Trinajstić information content (AvgIpc) is 2.51. The van der Waals surface area contributed by atoms with Crippen LogP contribution >= 0.6 is 10.7 Å². The summed E-state index contributed by atoms with van der Waals surface area (Å²) >= 11 is 0. The third kappa shape index (κ3) is 3.61. The van der Waals surface area contributed by atoms with E-state index in [1.165, 1.54) is 18.2 Å². The van der Waals surface area contributed by atoms with E-state index in [1.807, 2.05) is 6.92 Å². The van der Waals surface area contributed by atoms with Gasteiger partial charge < -0.3 is 0 Å². The van der Waals surface area contributed by atoms with Crippen molar-refractivity contribution in [2.24, 2.45) is 0 Å². The van der Waals surface area contributed by atoms with E-state index >= 15 is 0 Å². The Morgan fingerprint density at radius 1 is 1.08 bits per heavy atom. The molecule has 1 atom stereocenters. The first-order valence-electron chi connectivity index (χ1n) is 7.50. The summed E-state index contributed by atoms with van der Waals surface area (Å²) in [6.45, 7) is 3.09. The van der Waals surface area contributed by atoms with Crippen molar-refractivity contribution >= 4 is 19.7 Å². The number of halogens is 3. The van der Waals surface area contributed by atoms with Gasteiger partial charge in [-0.05, 0) is 54.3 Å². The molecule has 0 saturated carbocycles. The standard InChI is InChI=1S/C17H16ClF2NO2S/c1-11(13-6-15(19)9-16(20)7-13)21-5-4-12-2-3-17(24(18,22)23)8-14(12)10-21/h2-3,6-9,11H,4-5,10H2,1H3/t11-/m1/s1. The fourth-order valence-electron chi connectivity index (χ4n) is 3.06. The molecule has 3 rings (SSSR count). The maximum atomic E-state index is 13.4. The minimum absolute atomic E-state index is 0.0641. The molecule has 0 aromatic heterocycles. The van der Waals surface area contributed by atoms with Crippen LogP contribution in [0.15, 0.2) is 41.3 Å². The summed E-state index contributed by atoms with van der Waals surface area (Å²) < 4.78 is 49.9. The minimum Gasteiger partial charge on any atom is -0.292 e. The fourth-order valence-corrected chi connectivity index (χ4v) is 3.87. The van der Waals surface area contributed by atoms with E-state index in [0.29, 0.717) is 12.1 Å². The number of benzene rings is 2. The third-order valence-electron chi connectivity index (χ3n) is 4.42. The summed E-state index contributed by atoms with van der Waals surface area (Å²) in [5, 5.41) is 0. The second-order valence-corrected chi connectivity index (χ2v) is 8.53. The van der Waals surface area contributed by atoms with Crippen molar-refractivity contribution in [3.8, 4) is 0 Å². The summed E-state index contributed by atoms with van der Waals surface area (Å²) in [6, 6.07) is 8.14. The molecule has 0 radical (unpaired) electrons. The molecule has 128 valence electrons. The number of hydrogen-bond acceptors (Lipinski definition) is 3. The number of hydrogen-bond donors (Lipinski definition) is 0. The third-order valence-corrected chi connectivity index (χ3v) is 5.77. The summed E-state index contributed by atoms with van der Waals surface area (Å²) in [5.74, 6) is -1.21.